The van der Waals surface area contributed by atoms with Crippen LogP contribution in [0.2, 0.25) is 0 Å². The third-order valence-corrected chi connectivity index (χ3v) is 3.13. The Balaban J connectivity index is 2.07. The Hall–Kier alpha value is -1.60. The molecular formula is C10H9BrN4OS. The molecule has 0 aliphatic heterocycles. The summed E-state index contributed by atoms with van der Waals surface area (Å²) in [6.45, 7) is 0. The second-order valence-electron chi connectivity index (χ2n) is 3.15. The Bertz CT molecular complexity index is 555. The number of hydrogen-bond acceptors (Lipinski definition) is 6. The largest absolute Gasteiger partial charge is 0.507 e. The van der Waals surface area contributed by atoms with E-state index in [1.54, 1.807) is 23.6 Å². The Kier molecular flexibility index (Phi) is 3.60. The van der Waals surface area contributed by atoms with E-state index in [1.807, 2.05) is 0 Å². The van der Waals surface area contributed by atoms with Gasteiger partial charge < -0.3 is 10.8 Å². The molecule has 0 aliphatic rings. The molecular weight excluding hydrogens is 304 g/mol. The molecule has 7 heteroatoms. The highest BCUT2D eigenvalue weighted by atomic mass is 79.9. The number of rotatable bonds is 3. The lowest BCUT2D eigenvalue weighted by atomic mass is 10.2. The summed E-state index contributed by atoms with van der Waals surface area (Å²) in [4.78, 5) is 3.98. The summed E-state index contributed by atoms with van der Waals surface area (Å²) >= 11 is 4.68. The molecule has 0 saturated heterocycles. The molecule has 0 fully saturated rings. The van der Waals surface area contributed by atoms with Gasteiger partial charge >= 0.3 is 0 Å². The van der Waals surface area contributed by atoms with Crippen LogP contribution < -0.4 is 11.2 Å². The Morgan fingerprint density at radius 3 is 3.06 bits per heavy atom. The van der Waals surface area contributed by atoms with E-state index in [2.05, 4.69) is 31.4 Å². The summed E-state index contributed by atoms with van der Waals surface area (Å²) in [6, 6.07) is 5.10. The van der Waals surface area contributed by atoms with Crippen LogP contribution in [-0.4, -0.2) is 16.3 Å². The van der Waals surface area contributed by atoms with Crippen LogP contribution in [0.15, 0.2) is 33.2 Å². The molecule has 2 rings (SSSR count). The summed E-state index contributed by atoms with van der Waals surface area (Å²) < 4.78 is 0.871. The zero-order valence-corrected chi connectivity index (χ0v) is 11.0. The number of nitrogens with zero attached hydrogens (tertiary/aromatic N) is 2. The molecule has 17 heavy (non-hydrogen) atoms. The normalized spacial score (nSPS) is 10.9. The molecule has 1 heterocycles. The zero-order valence-electron chi connectivity index (χ0n) is 8.59. The second kappa shape index (κ2) is 5.15. The maximum atomic E-state index is 9.56. The van der Waals surface area contributed by atoms with Crippen LogP contribution in [0.4, 0.5) is 10.9 Å². The number of halogens is 1. The van der Waals surface area contributed by atoms with Crippen LogP contribution >= 0.6 is 27.3 Å². The van der Waals surface area contributed by atoms with Crippen LogP contribution in [0.1, 0.15) is 5.56 Å². The van der Waals surface area contributed by atoms with Gasteiger partial charge in [0.1, 0.15) is 11.6 Å². The summed E-state index contributed by atoms with van der Waals surface area (Å²) in [5.41, 5.74) is 8.81. The van der Waals surface area contributed by atoms with E-state index < -0.39 is 0 Å². The highest BCUT2D eigenvalue weighted by Crippen LogP contribution is 2.20. The SMILES string of the molecule is Nc1csc(NN=Cc2cc(Br)ccc2O)n1. The van der Waals surface area contributed by atoms with Crippen molar-refractivity contribution in [2.75, 3.05) is 11.2 Å². The van der Waals surface area contributed by atoms with E-state index in [1.165, 1.54) is 17.6 Å². The first-order valence-electron chi connectivity index (χ1n) is 4.64. The lowest BCUT2D eigenvalue weighted by Crippen LogP contribution is -1.91. The molecule has 5 nitrogen and oxygen atoms in total. The van der Waals surface area contributed by atoms with E-state index in [0.717, 1.165) is 4.47 Å². The number of nitrogen functional groups attached to an aromatic ring is 1. The quantitative estimate of drug-likeness (QED) is 0.601. The van der Waals surface area contributed by atoms with Crippen molar-refractivity contribution < 1.29 is 5.11 Å². The number of nitrogens with two attached hydrogens (primary N) is 1. The summed E-state index contributed by atoms with van der Waals surface area (Å²) in [6.07, 6.45) is 1.51. The number of benzene rings is 1. The number of anilines is 2. The molecule has 0 saturated carbocycles. The van der Waals surface area contributed by atoms with Crippen LogP contribution in [-0.2, 0) is 0 Å². The van der Waals surface area contributed by atoms with Gasteiger partial charge in [0.2, 0.25) is 5.13 Å². The molecule has 1 aromatic heterocycles. The van der Waals surface area contributed by atoms with Crippen molar-refractivity contribution in [1.29, 1.82) is 0 Å². The number of phenolic OH excluding ortho intramolecular Hbond substituents is 1. The van der Waals surface area contributed by atoms with Gasteiger partial charge in [0, 0.05) is 15.4 Å². The van der Waals surface area contributed by atoms with Crippen molar-refractivity contribution in [2.24, 2.45) is 5.10 Å². The number of hydrazone groups is 1. The van der Waals surface area contributed by atoms with E-state index in [-0.39, 0.29) is 5.75 Å². The van der Waals surface area contributed by atoms with Crippen molar-refractivity contribution in [3.8, 4) is 5.75 Å². The smallest absolute Gasteiger partial charge is 0.205 e. The maximum absolute atomic E-state index is 9.56. The number of phenols is 1. The van der Waals surface area contributed by atoms with Crippen molar-refractivity contribution in [3.63, 3.8) is 0 Å². The van der Waals surface area contributed by atoms with Crippen molar-refractivity contribution in [2.45, 2.75) is 0 Å². The molecule has 0 unspecified atom stereocenters. The average molecular weight is 313 g/mol. The van der Waals surface area contributed by atoms with Crippen LogP contribution in [0.25, 0.3) is 0 Å². The minimum Gasteiger partial charge on any atom is -0.507 e. The molecule has 88 valence electrons. The standard InChI is InChI=1S/C10H9BrN4OS/c11-7-1-2-8(16)6(3-7)4-13-15-10-14-9(12)5-17-10/h1-5,16H,12H2,(H,14,15). The van der Waals surface area contributed by atoms with E-state index in [9.17, 15) is 5.11 Å². The van der Waals surface area contributed by atoms with Gasteiger partial charge in [-0.25, -0.2) is 4.98 Å². The number of hydrogen-bond donors (Lipinski definition) is 3. The topological polar surface area (TPSA) is 83.5 Å². The third kappa shape index (κ3) is 3.18. The Morgan fingerprint density at radius 1 is 1.53 bits per heavy atom. The summed E-state index contributed by atoms with van der Waals surface area (Å²) in [5.74, 6) is 0.621. The first kappa shape index (κ1) is 11.9. The maximum Gasteiger partial charge on any atom is 0.205 e. The first-order valence-corrected chi connectivity index (χ1v) is 6.31. The fraction of sp³-hybridized carbons (Fsp3) is 0. The summed E-state index contributed by atoms with van der Waals surface area (Å²) in [7, 11) is 0. The predicted octanol–water partition coefficient (Wildman–Crippen LogP) is 2.64. The zero-order chi connectivity index (χ0) is 12.3. The molecule has 0 atom stereocenters. The highest BCUT2D eigenvalue weighted by molar-refractivity contribution is 9.10. The lowest BCUT2D eigenvalue weighted by molar-refractivity contribution is 0.474. The van der Waals surface area contributed by atoms with Gasteiger partial charge in [-0.2, -0.15) is 5.10 Å². The Labute approximate surface area is 110 Å². The fourth-order valence-corrected chi connectivity index (χ4v) is 2.05. The third-order valence-electron chi connectivity index (χ3n) is 1.88. The second-order valence-corrected chi connectivity index (χ2v) is 4.92. The fourth-order valence-electron chi connectivity index (χ4n) is 1.12. The van der Waals surface area contributed by atoms with Crippen LogP contribution in [0.5, 0.6) is 5.75 Å². The molecule has 0 radical (unpaired) electrons. The number of aromatic nitrogens is 1. The average Bonchev–Trinajstić information content (AvgIpc) is 2.69. The molecule has 4 N–H and O–H groups in total. The van der Waals surface area contributed by atoms with Gasteiger partial charge in [0.15, 0.2) is 0 Å². The van der Waals surface area contributed by atoms with Crippen molar-refractivity contribution in [1.82, 2.24) is 4.98 Å². The predicted molar refractivity (Wildman–Crippen MR) is 73.5 cm³/mol. The van der Waals surface area contributed by atoms with E-state index in [0.29, 0.717) is 16.5 Å². The minimum atomic E-state index is 0.164. The molecule has 0 aliphatic carbocycles. The molecule has 2 aromatic rings. The molecule has 0 amide bonds. The number of thiazole rings is 1. The van der Waals surface area contributed by atoms with Gasteiger partial charge in [0.05, 0.1) is 6.21 Å². The highest BCUT2D eigenvalue weighted by Gasteiger charge is 1.99. The molecule has 0 bridgehead atoms. The van der Waals surface area contributed by atoms with Gasteiger partial charge in [-0.3, -0.25) is 5.43 Å². The van der Waals surface area contributed by atoms with Gasteiger partial charge in [-0.15, -0.1) is 11.3 Å². The number of aromatic hydroxyl groups is 1. The molecule has 0 spiro atoms. The van der Waals surface area contributed by atoms with Crippen molar-refractivity contribution >= 4 is 44.4 Å². The minimum absolute atomic E-state index is 0.164. The van der Waals surface area contributed by atoms with Gasteiger partial charge in [-0.05, 0) is 18.2 Å². The summed E-state index contributed by atoms with van der Waals surface area (Å²) in [5, 5.41) is 15.8. The Morgan fingerprint density at radius 2 is 2.35 bits per heavy atom. The number of nitrogens with one attached hydrogen (secondary N) is 1. The molecule has 1 aromatic carbocycles. The lowest BCUT2D eigenvalue weighted by Gasteiger charge is -1.99. The van der Waals surface area contributed by atoms with E-state index in [4.69, 9.17) is 5.73 Å². The van der Waals surface area contributed by atoms with Gasteiger partial charge in [-0.1, -0.05) is 15.9 Å². The van der Waals surface area contributed by atoms with Crippen LogP contribution in [0, 0.1) is 0 Å². The van der Waals surface area contributed by atoms with Crippen LogP contribution in [0.3, 0.4) is 0 Å². The van der Waals surface area contributed by atoms with Gasteiger partial charge in [0.25, 0.3) is 0 Å². The van der Waals surface area contributed by atoms with E-state index >= 15 is 0 Å². The van der Waals surface area contributed by atoms with Crippen molar-refractivity contribution in [3.05, 3.63) is 33.6 Å². The monoisotopic (exact) mass is 312 g/mol. The first-order chi connectivity index (χ1) is 8.15.